The Morgan fingerprint density at radius 3 is 2.56 bits per heavy atom. The molecule has 0 aliphatic carbocycles. The number of benzene rings is 2. The van der Waals surface area contributed by atoms with Crippen LogP contribution in [0.3, 0.4) is 0 Å². The average molecular weight is 361 g/mol. The minimum absolute atomic E-state index is 0.136. The van der Waals surface area contributed by atoms with Crippen molar-refractivity contribution in [3.05, 3.63) is 65.0 Å². The number of methoxy groups -OCH3 is 1. The highest BCUT2D eigenvalue weighted by atomic mass is 32.2. The summed E-state index contributed by atoms with van der Waals surface area (Å²) >= 11 is 0. The molecule has 25 heavy (non-hydrogen) atoms. The van der Waals surface area contributed by atoms with E-state index in [4.69, 9.17) is 0 Å². The highest BCUT2D eigenvalue weighted by Crippen LogP contribution is 2.41. The SMILES string of the molecule is CCc1ccccc1N1C=C(C(=O)OC)S(=O)(=O)c2ccc(F)cc21. The van der Waals surface area contributed by atoms with Crippen LogP contribution < -0.4 is 4.90 Å². The zero-order valence-electron chi connectivity index (χ0n) is 13.7. The van der Waals surface area contributed by atoms with Crippen molar-refractivity contribution in [2.24, 2.45) is 0 Å². The molecule has 7 heteroatoms. The van der Waals surface area contributed by atoms with Gasteiger partial charge in [0.15, 0.2) is 4.91 Å². The highest BCUT2D eigenvalue weighted by Gasteiger charge is 2.37. The molecule has 0 fully saturated rings. The summed E-state index contributed by atoms with van der Waals surface area (Å²) in [5.74, 6) is -1.53. The standard InChI is InChI=1S/C18H16FNO4S/c1-3-12-6-4-5-7-14(12)20-11-17(18(21)24-2)25(22,23)16-9-8-13(19)10-15(16)20/h4-11H,3H2,1-2H3. The number of anilines is 2. The maximum Gasteiger partial charge on any atom is 0.351 e. The van der Waals surface area contributed by atoms with E-state index in [0.717, 1.165) is 30.9 Å². The molecule has 2 aromatic rings. The lowest BCUT2D eigenvalue weighted by atomic mass is 10.1. The van der Waals surface area contributed by atoms with Crippen molar-refractivity contribution in [2.75, 3.05) is 12.0 Å². The van der Waals surface area contributed by atoms with Crippen LogP contribution in [0.1, 0.15) is 12.5 Å². The van der Waals surface area contributed by atoms with Gasteiger partial charge in [0.1, 0.15) is 5.82 Å². The van der Waals surface area contributed by atoms with Gasteiger partial charge in [-0.25, -0.2) is 17.6 Å². The molecule has 0 saturated carbocycles. The quantitative estimate of drug-likeness (QED) is 0.620. The Morgan fingerprint density at radius 2 is 1.88 bits per heavy atom. The van der Waals surface area contributed by atoms with E-state index in [1.54, 1.807) is 12.1 Å². The minimum atomic E-state index is -4.09. The second-order valence-electron chi connectivity index (χ2n) is 5.45. The lowest BCUT2D eigenvalue weighted by Gasteiger charge is -2.29. The average Bonchev–Trinajstić information content (AvgIpc) is 2.61. The predicted octanol–water partition coefficient (Wildman–Crippen LogP) is 3.33. The number of para-hydroxylation sites is 1. The first-order valence-electron chi connectivity index (χ1n) is 7.62. The molecule has 0 bridgehead atoms. The molecule has 0 N–H and O–H groups in total. The van der Waals surface area contributed by atoms with Crippen molar-refractivity contribution in [1.82, 2.24) is 0 Å². The summed E-state index contributed by atoms with van der Waals surface area (Å²) in [6.07, 6.45) is 1.88. The number of aryl methyl sites for hydroxylation is 1. The molecular formula is C18H16FNO4S. The molecule has 1 aliphatic heterocycles. The topological polar surface area (TPSA) is 63.7 Å². The minimum Gasteiger partial charge on any atom is -0.465 e. The van der Waals surface area contributed by atoms with Gasteiger partial charge in [-0.3, -0.25) is 0 Å². The van der Waals surface area contributed by atoms with E-state index in [9.17, 15) is 17.6 Å². The summed E-state index contributed by atoms with van der Waals surface area (Å²) in [6, 6.07) is 10.7. The number of carbonyl (C=O) groups is 1. The van der Waals surface area contributed by atoms with Crippen molar-refractivity contribution < 1.29 is 22.3 Å². The van der Waals surface area contributed by atoms with Crippen molar-refractivity contribution in [1.29, 1.82) is 0 Å². The Balaban J connectivity index is 2.33. The zero-order valence-corrected chi connectivity index (χ0v) is 14.5. The first-order valence-corrected chi connectivity index (χ1v) is 9.10. The lowest BCUT2D eigenvalue weighted by molar-refractivity contribution is -0.135. The summed E-state index contributed by atoms with van der Waals surface area (Å²) in [4.78, 5) is 12.9. The Hall–Kier alpha value is -2.67. The van der Waals surface area contributed by atoms with E-state index in [1.807, 2.05) is 19.1 Å². The smallest absolute Gasteiger partial charge is 0.351 e. The van der Waals surface area contributed by atoms with Crippen LogP contribution >= 0.6 is 0 Å². The van der Waals surface area contributed by atoms with E-state index < -0.39 is 26.5 Å². The van der Waals surface area contributed by atoms with Gasteiger partial charge < -0.3 is 9.64 Å². The van der Waals surface area contributed by atoms with Crippen LogP contribution in [0.5, 0.6) is 0 Å². The Kier molecular flexibility index (Phi) is 4.34. The number of sulfone groups is 1. The molecule has 0 amide bonds. The maximum atomic E-state index is 13.8. The van der Waals surface area contributed by atoms with Crippen LogP contribution in [0, 0.1) is 5.82 Å². The zero-order chi connectivity index (χ0) is 18.2. The number of carbonyl (C=O) groups excluding carboxylic acids is 1. The number of nitrogens with zero attached hydrogens (tertiary/aromatic N) is 1. The molecular weight excluding hydrogens is 345 g/mol. The van der Waals surface area contributed by atoms with Crippen molar-refractivity contribution >= 4 is 27.2 Å². The fourth-order valence-electron chi connectivity index (χ4n) is 2.79. The van der Waals surface area contributed by atoms with Gasteiger partial charge in [0.25, 0.3) is 0 Å². The molecule has 0 atom stereocenters. The van der Waals surface area contributed by atoms with Crippen LogP contribution in [-0.4, -0.2) is 21.5 Å². The third-order valence-electron chi connectivity index (χ3n) is 4.02. The number of hydrogen-bond acceptors (Lipinski definition) is 5. The third-order valence-corrected chi connectivity index (χ3v) is 5.80. The number of halogens is 1. The van der Waals surface area contributed by atoms with Gasteiger partial charge >= 0.3 is 5.97 Å². The van der Waals surface area contributed by atoms with E-state index in [1.165, 1.54) is 11.1 Å². The molecule has 2 aromatic carbocycles. The number of fused-ring (bicyclic) bond motifs is 1. The summed E-state index contributed by atoms with van der Waals surface area (Å²) < 4.78 is 43.9. The van der Waals surface area contributed by atoms with Gasteiger partial charge in [-0.15, -0.1) is 0 Å². The number of hydrogen-bond donors (Lipinski definition) is 0. The van der Waals surface area contributed by atoms with E-state index in [0.29, 0.717) is 12.1 Å². The fraction of sp³-hybridized carbons (Fsp3) is 0.167. The second kappa shape index (κ2) is 6.33. The first-order chi connectivity index (χ1) is 11.9. The van der Waals surface area contributed by atoms with Gasteiger partial charge in [-0.05, 0) is 36.2 Å². The normalized spacial score (nSPS) is 15.3. The lowest BCUT2D eigenvalue weighted by Crippen LogP contribution is -2.26. The molecule has 0 unspecified atom stereocenters. The second-order valence-corrected chi connectivity index (χ2v) is 7.34. The summed E-state index contributed by atoms with van der Waals surface area (Å²) in [6.45, 7) is 1.96. The molecule has 0 radical (unpaired) electrons. The highest BCUT2D eigenvalue weighted by molar-refractivity contribution is 7.96. The monoisotopic (exact) mass is 361 g/mol. The van der Waals surface area contributed by atoms with E-state index >= 15 is 0 Å². The molecule has 0 aromatic heterocycles. The summed E-state index contributed by atoms with van der Waals surface area (Å²) in [5, 5.41) is 0. The van der Waals surface area contributed by atoms with Crippen molar-refractivity contribution in [3.63, 3.8) is 0 Å². The molecule has 0 spiro atoms. The number of rotatable bonds is 3. The van der Waals surface area contributed by atoms with Gasteiger partial charge in [-0.1, -0.05) is 25.1 Å². The third kappa shape index (κ3) is 2.80. The van der Waals surface area contributed by atoms with Crippen LogP contribution in [-0.2, 0) is 25.8 Å². The van der Waals surface area contributed by atoms with E-state index in [-0.39, 0.29) is 10.6 Å². The maximum absolute atomic E-state index is 13.8. The first kappa shape index (κ1) is 17.2. The molecule has 130 valence electrons. The number of ether oxygens (including phenoxy) is 1. The summed E-state index contributed by atoms with van der Waals surface area (Å²) in [7, 11) is -2.98. The Morgan fingerprint density at radius 1 is 1.16 bits per heavy atom. The van der Waals surface area contributed by atoms with Crippen LogP contribution in [0.4, 0.5) is 15.8 Å². The van der Waals surface area contributed by atoms with Gasteiger partial charge in [0.2, 0.25) is 9.84 Å². The van der Waals surface area contributed by atoms with Crippen LogP contribution in [0.25, 0.3) is 0 Å². The van der Waals surface area contributed by atoms with Gasteiger partial charge in [-0.2, -0.15) is 0 Å². The predicted molar refractivity (Wildman–Crippen MR) is 91.6 cm³/mol. The number of esters is 1. The van der Waals surface area contributed by atoms with Crippen molar-refractivity contribution in [3.8, 4) is 0 Å². The van der Waals surface area contributed by atoms with Gasteiger partial charge in [0.05, 0.1) is 17.7 Å². The van der Waals surface area contributed by atoms with E-state index in [2.05, 4.69) is 4.74 Å². The Bertz CT molecular complexity index is 982. The molecule has 1 heterocycles. The van der Waals surface area contributed by atoms with Gasteiger partial charge in [0, 0.05) is 11.9 Å². The van der Waals surface area contributed by atoms with Crippen molar-refractivity contribution in [2.45, 2.75) is 18.2 Å². The Labute approximate surface area is 145 Å². The molecule has 1 aliphatic rings. The molecule has 5 nitrogen and oxygen atoms in total. The molecule has 3 rings (SSSR count). The summed E-state index contributed by atoms with van der Waals surface area (Å²) in [5.41, 5.74) is 1.76. The molecule has 0 saturated heterocycles. The fourth-order valence-corrected chi connectivity index (χ4v) is 4.25. The largest absolute Gasteiger partial charge is 0.465 e. The van der Waals surface area contributed by atoms with Crippen LogP contribution in [0.2, 0.25) is 0 Å². The van der Waals surface area contributed by atoms with Crippen LogP contribution in [0.15, 0.2) is 58.5 Å².